The van der Waals surface area contributed by atoms with Gasteiger partial charge in [-0.1, -0.05) is 48.0 Å². The number of para-hydroxylation sites is 1. The Morgan fingerprint density at radius 2 is 1.63 bits per heavy atom. The molecule has 0 radical (unpaired) electrons. The molecule has 3 aromatic rings. The molecule has 1 N–H and O–H groups in total. The zero-order valence-electron chi connectivity index (χ0n) is 22.3. The minimum absolute atomic E-state index is 0.0274. The van der Waals surface area contributed by atoms with Crippen molar-refractivity contribution in [1.82, 2.24) is 10.2 Å². The highest BCUT2D eigenvalue weighted by atomic mass is 32.2. The number of benzene rings is 3. The number of carbonyl (C=O) groups is 2. The SMILES string of the molecule is CCNC(=O)[C@H](C)N(Cc1cccc(C)c1)C(=O)CN(c1ccccc1)S(=O)(=O)c1ccc(OCC)cc1. The van der Waals surface area contributed by atoms with Crippen LogP contribution in [0.4, 0.5) is 5.69 Å². The number of aryl methyl sites for hydroxylation is 1. The molecule has 0 aliphatic carbocycles. The van der Waals surface area contributed by atoms with Gasteiger partial charge < -0.3 is 15.0 Å². The molecule has 0 aliphatic heterocycles. The lowest BCUT2D eigenvalue weighted by Gasteiger charge is -2.32. The number of amides is 2. The van der Waals surface area contributed by atoms with Gasteiger partial charge in [-0.2, -0.15) is 0 Å². The van der Waals surface area contributed by atoms with Gasteiger partial charge in [-0.25, -0.2) is 8.42 Å². The molecule has 0 saturated heterocycles. The molecule has 0 aromatic heterocycles. The van der Waals surface area contributed by atoms with Crippen LogP contribution in [-0.2, 0) is 26.2 Å². The highest BCUT2D eigenvalue weighted by Gasteiger charge is 2.32. The second kappa shape index (κ2) is 13.1. The van der Waals surface area contributed by atoms with Gasteiger partial charge in [0.05, 0.1) is 17.2 Å². The number of rotatable bonds is 12. The summed E-state index contributed by atoms with van der Waals surface area (Å²) in [5, 5.41) is 2.76. The number of anilines is 1. The number of likely N-dealkylation sites (N-methyl/N-ethyl adjacent to an activating group) is 1. The van der Waals surface area contributed by atoms with Gasteiger partial charge in [-0.05, 0) is 69.7 Å². The predicted octanol–water partition coefficient (Wildman–Crippen LogP) is 4.14. The second-order valence-corrected chi connectivity index (χ2v) is 10.7. The quantitative estimate of drug-likeness (QED) is 0.375. The first-order valence-corrected chi connectivity index (χ1v) is 14.0. The lowest BCUT2D eigenvalue weighted by atomic mass is 10.1. The smallest absolute Gasteiger partial charge is 0.264 e. The Hall–Kier alpha value is -3.85. The van der Waals surface area contributed by atoms with Crippen LogP contribution >= 0.6 is 0 Å². The molecule has 2 amide bonds. The van der Waals surface area contributed by atoms with Crippen LogP contribution in [0.5, 0.6) is 5.75 Å². The maximum Gasteiger partial charge on any atom is 0.264 e. The Balaban J connectivity index is 1.99. The summed E-state index contributed by atoms with van der Waals surface area (Å²) >= 11 is 0. The van der Waals surface area contributed by atoms with E-state index < -0.39 is 28.5 Å². The van der Waals surface area contributed by atoms with Crippen molar-refractivity contribution in [2.45, 2.75) is 45.2 Å². The van der Waals surface area contributed by atoms with Gasteiger partial charge >= 0.3 is 0 Å². The van der Waals surface area contributed by atoms with E-state index in [0.717, 1.165) is 15.4 Å². The molecule has 3 aromatic carbocycles. The fourth-order valence-corrected chi connectivity index (χ4v) is 5.45. The minimum Gasteiger partial charge on any atom is -0.494 e. The number of carbonyl (C=O) groups excluding carboxylic acids is 2. The molecule has 0 heterocycles. The Morgan fingerprint density at radius 3 is 2.24 bits per heavy atom. The van der Waals surface area contributed by atoms with E-state index in [1.54, 1.807) is 56.3 Å². The number of sulfonamides is 1. The van der Waals surface area contributed by atoms with Gasteiger partial charge in [-0.15, -0.1) is 0 Å². The average molecular weight is 538 g/mol. The van der Waals surface area contributed by atoms with Crippen molar-refractivity contribution in [3.8, 4) is 5.75 Å². The van der Waals surface area contributed by atoms with Crippen molar-refractivity contribution >= 4 is 27.5 Å². The van der Waals surface area contributed by atoms with Crippen molar-refractivity contribution in [3.63, 3.8) is 0 Å². The van der Waals surface area contributed by atoms with Crippen molar-refractivity contribution in [2.24, 2.45) is 0 Å². The largest absolute Gasteiger partial charge is 0.494 e. The molecule has 1 atom stereocenters. The van der Waals surface area contributed by atoms with Crippen LogP contribution in [0.25, 0.3) is 0 Å². The van der Waals surface area contributed by atoms with Crippen LogP contribution in [0.15, 0.2) is 83.8 Å². The summed E-state index contributed by atoms with van der Waals surface area (Å²) < 4.78 is 34.1. The van der Waals surface area contributed by atoms with Gasteiger partial charge in [0, 0.05) is 13.1 Å². The minimum atomic E-state index is -4.12. The topological polar surface area (TPSA) is 96.0 Å². The fraction of sp³-hybridized carbons (Fsp3) is 0.310. The highest BCUT2D eigenvalue weighted by molar-refractivity contribution is 7.92. The molecule has 0 fully saturated rings. The molecule has 3 rings (SSSR count). The standard InChI is InChI=1S/C29H35N3O5S/c1-5-30-29(34)23(4)31(20-24-12-10-11-22(3)19-24)28(33)21-32(25-13-8-7-9-14-25)38(35,36)27-17-15-26(16-18-27)37-6-2/h7-19,23H,5-6,20-21H2,1-4H3,(H,30,34)/t23-/m0/s1. The van der Waals surface area contributed by atoms with Crippen LogP contribution in [0.1, 0.15) is 31.9 Å². The van der Waals surface area contributed by atoms with Crippen molar-refractivity contribution in [1.29, 1.82) is 0 Å². The van der Waals surface area contributed by atoms with Gasteiger partial charge in [-0.3, -0.25) is 13.9 Å². The van der Waals surface area contributed by atoms with Gasteiger partial charge in [0.15, 0.2) is 0 Å². The van der Waals surface area contributed by atoms with E-state index in [1.165, 1.54) is 17.0 Å². The summed E-state index contributed by atoms with van der Waals surface area (Å²) in [5.41, 5.74) is 2.20. The van der Waals surface area contributed by atoms with Crippen LogP contribution in [0, 0.1) is 6.92 Å². The van der Waals surface area contributed by atoms with Crippen LogP contribution in [0.2, 0.25) is 0 Å². The van der Waals surface area contributed by atoms with E-state index in [4.69, 9.17) is 4.74 Å². The monoisotopic (exact) mass is 537 g/mol. The molecule has 8 nitrogen and oxygen atoms in total. The molecular formula is C29H35N3O5S. The van der Waals surface area contributed by atoms with E-state index in [9.17, 15) is 18.0 Å². The lowest BCUT2D eigenvalue weighted by molar-refractivity contribution is -0.139. The predicted molar refractivity (Wildman–Crippen MR) is 148 cm³/mol. The molecule has 0 aliphatic rings. The summed E-state index contributed by atoms with van der Waals surface area (Å²) in [6.07, 6.45) is 0. The Bertz CT molecular complexity index is 1330. The van der Waals surface area contributed by atoms with Gasteiger partial charge in [0.25, 0.3) is 10.0 Å². The first-order valence-electron chi connectivity index (χ1n) is 12.6. The maximum atomic E-state index is 13.8. The Morgan fingerprint density at radius 1 is 0.947 bits per heavy atom. The first-order chi connectivity index (χ1) is 18.2. The summed E-state index contributed by atoms with van der Waals surface area (Å²) in [6, 6.07) is 21.4. The number of ether oxygens (including phenoxy) is 1. The zero-order chi connectivity index (χ0) is 27.7. The van der Waals surface area contributed by atoms with Crippen molar-refractivity contribution in [3.05, 3.63) is 90.0 Å². The molecule has 202 valence electrons. The van der Waals surface area contributed by atoms with Crippen molar-refractivity contribution < 1.29 is 22.7 Å². The summed E-state index contributed by atoms with van der Waals surface area (Å²) in [6.45, 7) is 7.79. The molecule has 9 heteroatoms. The third-order valence-electron chi connectivity index (χ3n) is 6.00. The van der Waals surface area contributed by atoms with E-state index in [-0.39, 0.29) is 17.3 Å². The third-order valence-corrected chi connectivity index (χ3v) is 7.79. The molecule has 0 bridgehead atoms. The molecule has 38 heavy (non-hydrogen) atoms. The van der Waals surface area contributed by atoms with E-state index in [2.05, 4.69) is 5.32 Å². The number of hydrogen-bond donors (Lipinski definition) is 1. The number of nitrogens with zero attached hydrogens (tertiary/aromatic N) is 2. The number of nitrogens with one attached hydrogen (secondary N) is 1. The van der Waals surface area contributed by atoms with Crippen LogP contribution in [0.3, 0.4) is 0 Å². The first kappa shape index (κ1) is 28.7. The third kappa shape index (κ3) is 7.13. The van der Waals surface area contributed by atoms with Gasteiger partial charge in [0.2, 0.25) is 11.8 Å². The Kier molecular flexibility index (Phi) is 9.90. The lowest BCUT2D eigenvalue weighted by Crippen LogP contribution is -2.51. The maximum absolute atomic E-state index is 13.8. The number of hydrogen-bond acceptors (Lipinski definition) is 5. The summed E-state index contributed by atoms with van der Waals surface area (Å²) in [7, 11) is -4.12. The summed E-state index contributed by atoms with van der Waals surface area (Å²) in [4.78, 5) is 28.0. The van der Waals surface area contributed by atoms with E-state index >= 15 is 0 Å². The summed E-state index contributed by atoms with van der Waals surface area (Å²) in [5.74, 6) is -0.258. The van der Waals surface area contributed by atoms with Crippen LogP contribution < -0.4 is 14.4 Å². The second-order valence-electron chi connectivity index (χ2n) is 8.83. The van der Waals surface area contributed by atoms with Crippen LogP contribution in [-0.4, -0.2) is 50.9 Å². The van der Waals surface area contributed by atoms with Crippen molar-refractivity contribution in [2.75, 3.05) is 24.0 Å². The average Bonchev–Trinajstić information content (AvgIpc) is 2.91. The Labute approximate surface area is 225 Å². The molecule has 0 unspecified atom stereocenters. The molecule has 0 spiro atoms. The van der Waals surface area contributed by atoms with E-state index in [1.807, 2.05) is 38.1 Å². The zero-order valence-corrected chi connectivity index (χ0v) is 23.1. The normalized spacial score (nSPS) is 11.9. The fourth-order valence-electron chi connectivity index (χ4n) is 4.04. The molecule has 0 saturated carbocycles. The highest BCUT2D eigenvalue weighted by Crippen LogP contribution is 2.26. The van der Waals surface area contributed by atoms with E-state index in [0.29, 0.717) is 24.6 Å². The molecular weight excluding hydrogens is 502 g/mol. The van der Waals surface area contributed by atoms with Gasteiger partial charge in [0.1, 0.15) is 18.3 Å².